The molecule has 32 heavy (non-hydrogen) atoms. The number of thiophene rings is 1. The summed E-state index contributed by atoms with van der Waals surface area (Å²) in [5.74, 6) is -0.702. The third-order valence-electron chi connectivity index (χ3n) is 5.81. The van der Waals surface area contributed by atoms with Crippen molar-refractivity contribution < 1.29 is 22.4 Å². The van der Waals surface area contributed by atoms with E-state index in [1.165, 1.54) is 12.1 Å². The number of rotatable bonds is 8. The van der Waals surface area contributed by atoms with Crippen LogP contribution in [0.2, 0.25) is 0 Å². The number of nitrogens with zero attached hydrogens (tertiary/aromatic N) is 1. The largest absolute Gasteiger partial charge is 0.353 e. The second kappa shape index (κ2) is 9.65. The molecule has 2 aliphatic rings. The molecule has 8 nitrogen and oxygen atoms in total. The van der Waals surface area contributed by atoms with Crippen LogP contribution in [0, 0.1) is 5.82 Å². The molecule has 4 rings (SSSR count). The van der Waals surface area contributed by atoms with Gasteiger partial charge in [0.15, 0.2) is 0 Å². The van der Waals surface area contributed by atoms with Crippen LogP contribution in [0.4, 0.5) is 4.39 Å². The molecule has 3 atom stereocenters. The minimum atomic E-state index is -3.83. The summed E-state index contributed by atoms with van der Waals surface area (Å²) in [6, 6.07) is 7.57. The highest BCUT2D eigenvalue weighted by Gasteiger charge is 2.44. The number of hydrogen-bond donors (Lipinski definition) is 3. The lowest BCUT2D eigenvalue weighted by Crippen LogP contribution is -2.58. The van der Waals surface area contributed by atoms with Gasteiger partial charge in [-0.3, -0.25) is 14.5 Å². The lowest BCUT2D eigenvalue weighted by Gasteiger charge is -2.37. The molecule has 2 fully saturated rings. The molecule has 0 spiro atoms. The molecule has 1 aromatic heterocycles. The highest BCUT2D eigenvalue weighted by molar-refractivity contribution is 7.89. The van der Waals surface area contributed by atoms with Crippen LogP contribution in [-0.4, -0.2) is 56.3 Å². The van der Waals surface area contributed by atoms with E-state index < -0.39 is 27.9 Å². The zero-order valence-corrected chi connectivity index (χ0v) is 18.9. The van der Waals surface area contributed by atoms with Crippen LogP contribution < -0.4 is 15.4 Å². The van der Waals surface area contributed by atoms with E-state index in [-0.39, 0.29) is 22.8 Å². The van der Waals surface area contributed by atoms with Gasteiger partial charge in [0.25, 0.3) is 0 Å². The number of hydrogen-bond acceptors (Lipinski definition) is 6. The number of halogens is 1. The molecule has 11 heteroatoms. The van der Waals surface area contributed by atoms with E-state index in [1.807, 2.05) is 22.4 Å². The van der Waals surface area contributed by atoms with E-state index in [4.69, 9.17) is 0 Å². The number of sulfonamides is 1. The summed E-state index contributed by atoms with van der Waals surface area (Å²) in [5, 5.41) is 7.73. The van der Waals surface area contributed by atoms with Gasteiger partial charge in [0, 0.05) is 36.5 Å². The highest BCUT2D eigenvalue weighted by atomic mass is 32.2. The number of benzene rings is 1. The fourth-order valence-corrected chi connectivity index (χ4v) is 6.10. The smallest absolute Gasteiger partial charge is 0.240 e. The number of amides is 2. The second-order valence-corrected chi connectivity index (χ2v) is 10.8. The summed E-state index contributed by atoms with van der Waals surface area (Å²) in [6.07, 6.45) is 1.22. The topological polar surface area (TPSA) is 108 Å². The normalized spacial score (nSPS) is 23.5. The standard InChI is InChI=1S/C21H25FN4O4S2/c22-14-3-6-18(7-4-14)32(29,30)25-15-10-19-21(28)24-11-16(26(19)13-15)5-8-20(27)23-12-17-2-1-9-31-17/h1-4,6-7,9,15-16,19,25H,5,8,10-13H2,(H,23,27)(H,24,28)/t15-,16+,19-/m0/s1. The van der Waals surface area contributed by atoms with Crippen molar-refractivity contribution in [3.8, 4) is 0 Å². The van der Waals surface area contributed by atoms with Gasteiger partial charge in [0.2, 0.25) is 21.8 Å². The lowest BCUT2D eigenvalue weighted by atomic mass is 10.0. The Bertz CT molecular complexity index is 1060. The van der Waals surface area contributed by atoms with E-state index >= 15 is 0 Å². The van der Waals surface area contributed by atoms with Crippen molar-refractivity contribution in [1.82, 2.24) is 20.3 Å². The van der Waals surface area contributed by atoms with E-state index in [0.29, 0.717) is 38.9 Å². The minimum Gasteiger partial charge on any atom is -0.353 e. The van der Waals surface area contributed by atoms with Gasteiger partial charge < -0.3 is 10.6 Å². The van der Waals surface area contributed by atoms with Gasteiger partial charge in [-0.05, 0) is 48.6 Å². The van der Waals surface area contributed by atoms with E-state index in [1.54, 1.807) is 11.3 Å². The third-order valence-corrected chi connectivity index (χ3v) is 8.23. The maximum Gasteiger partial charge on any atom is 0.240 e. The Kier molecular flexibility index (Phi) is 6.89. The molecule has 2 aliphatic heterocycles. The molecule has 1 aromatic carbocycles. The highest BCUT2D eigenvalue weighted by Crippen LogP contribution is 2.27. The van der Waals surface area contributed by atoms with Gasteiger partial charge in [-0.2, -0.15) is 0 Å². The van der Waals surface area contributed by atoms with E-state index in [9.17, 15) is 22.4 Å². The molecule has 3 N–H and O–H groups in total. The van der Waals surface area contributed by atoms with Crippen LogP contribution in [0.1, 0.15) is 24.1 Å². The van der Waals surface area contributed by atoms with Crippen LogP contribution >= 0.6 is 11.3 Å². The predicted octanol–water partition coefficient (Wildman–Crippen LogP) is 1.20. The van der Waals surface area contributed by atoms with Crippen LogP contribution in [0.3, 0.4) is 0 Å². The van der Waals surface area contributed by atoms with Gasteiger partial charge >= 0.3 is 0 Å². The van der Waals surface area contributed by atoms with Crippen molar-refractivity contribution in [1.29, 1.82) is 0 Å². The molecular formula is C21H25FN4O4S2. The molecule has 3 heterocycles. The summed E-state index contributed by atoms with van der Waals surface area (Å²) < 4.78 is 41.1. The van der Waals surface area contributed by atoms with Crippen LogP contribution in [-0.2, 0) is 26.2 Å². The zero-order valence-electron chi connectivity index (χ0n) is 17.3. The molecule has 0 bridgehead atoms. The minimum absolute atomic E-state index is 0.0211. The number of fused-ring (bicyclic) bond motifs is 1. The van der Waals surface area contributed by atoms with Crippen molar-refractivity contribution >= 4 is 33.2 Å². The third kappa shape index (κ3) is 5.34. The van der Waals surface area contributed by atoms with Gasteiger partial charge in [-0.1, -0.05) is 6.07 Å². The van der Waals surface area contributed by atoms with Crippen LogP contribution in [0.15, 0.2) is 46.7 Å². The molecule has 172 valence electrons. The number of carbonyl (C=O) groups excluding carboxylic acids is 2. The SMILES string of the molecule is O=C(CC[C@@H]1CNC(=O)[C@@H]2C[C@H](NS(=O)(=O)c3ccc(F)cc3)CN12)NCc1cccs1. The average Bonchev–Trinajstić information content (AvgIpc) is 3.42. The van der Waals surface area contributed by atoms with Crippen LogP contribution in [0.5, 0.6) is 0 Å². The summed E-state index contributed by atoms with van der Waals surface area (Å²) in [7, 11) is -3.83. The first-order chi connectivity index (χ1) is 15.3. The molecule has 0 radical (unpaired) electrons. The monoisotopic (exact) mass is 480 g/mol. The zero-order chi connectivity index (χ0) is 22.7. The average molecular weight is 481 g/mol. The number of piperazine rings is 1. The maximum absolute atomic E-state index is 13.1. The lowest BCUT2D eigenvalue weighted by molar-refractivity contribution is -0.129. The molecule has 0 unspecified atom stereocenters. The second-order valence-electron chi connectivity index (χ2n) is 8.01. The van der Waals surface area contributed by atoms with Gasteiger partial charge in [-0.15, -0.1) is 11.3 Å². The fourth-order valence-electron chi connectivity index (χ4n) is 4.22. The Balaban J connectivity index is 1.33. The molecule has 0 saturated carbocycles. The van der Waals surface area contributed by atoms with Crippen molar-refractivity contribution in [3.63, 3.8) is 0 Å². The number of nitrogens with one attached hydrogen (secondary N) is 3. The molecular weight excluding hydrogens is 455 g/mol. The Hall–Kier alpha value is -2.34. The van der Waals surface area contributed by atoms with E-state index in [0.717, 1.165) is 17.0 Å². The predicted molar refractivity (Wildman–Crippen MR) is 118 cm³/mol. The van der Waals surface area contributed by atoms with Gasteiger partial charge in [0.05, 0.1) is 17.5 Å². The molecule has 0 aliphatic carbocycles. The van der Waals surface area contributed by atoms with Crippen molar-refractivity contribution in [2.75, 3.05) is 13.1 Å². The summed E-state index contributed by atoms with van der Waals surface area (Å²) in [6.45, 7) is 1.29. The Morgan fingerprint density at radius 3 is 2.75 bits per heavy atom. The first-order valence-corrected chi connectivity index (χ1v) is 12.8. The van der Waals surface area contributed by atoms with Gasteiger partial charge in [-0.25, -0.2) is 17.5 Å². The summed E-state index contributed by atoms with van der Waals surface area (Å²) in [4.78, 5) is 27.7. The van der Waals surface area contributed by atoms with Crippen molar-refractivity contribution in [3.05, 3.63) is 52.5 Å². The van der Waals surface area contributed by atoms with Crippen molar-refractivity contribution in [2.24, 2.45) is 0 Å². The summed E-state index contributed by atoms with van der Waals surface area (Å²) in [5.41, 5.74) is 0. The fraction of sp³-hybridized carbons (Fsp3) is 0.429. The van der Waals surface area contributed by atoms with Crippen molar-refractivity contribution in [2.45, 2.75) is 48.8 Å². The number of carbonyl (C=O) groups is 2. The molecule has 2 saturated heterocycles. The first-order valence-electron chi connectivity index (χ1n) is 10.4. The Morgan fingerprint density at radius 2 is 2.03 bits per heavy atom. The van der Waals surface area contributed by atoms with Gasteiger partial charge in [0.1, 0.15) is 5.82 Å². The Labute approximate surface area is 190 Å². The quantitative estimate of drug-likeness (QED) is 0.526. The molecule has 2 aromatic rings. The van der Waals surface area contributed by atoms with Crippen LogP contribution in [0.25, 0.3) is 0 Å². The Morgan fingerprint density at radius 1 is 1.25 bits per heavy atom. The maximum atomic E-state index is 13.1. The molecule has 2 amide bonds. The van der Waals surface area contributed by atoms with E-state index in [2.05, 4.69) is 15.4 Å². The first kappa shape index (κ1) is 22.8. The summed E-state index contributed by atoms with van der Waals surface area (Å²) >= 11 is 1.58.